The number of benzene rings is 3. The molecule has 0 saturated carbocycles. The molecule has 4 heteroatoms. The van der Waals surface area contributed by atoms with E-state index in [-0.39, 0.29) is 24.9 Å². The van der Waals surface area contributed by atoms with Crippen molar-refractivity contribution < 1.29 is 19.4 Å². The summed E-state index contributed by atoms with van der Waals surface area (Å²) in [5, 5.41) is 0. The monoisotopic (exact) mass is 544 g/mol. The molecule has 0 aliphatic heterocycles. The summed E-state index contributed by atoms with van der Waals surface area (Å²) in [5.41, 5.74) is 6.95. The fraction of sp³-hybridized carbons (Fsp3) is 0.273. The minimum Gasteiger partial charge on any atom is -0.0750 e. The van der Waals surface area contributed by atoms with Gasteiger partial charge < -0.3 is 0 Å². The minimum atomic E-state index is -0.208. The molecule has 0 aromatic heterocycles. The number of rotatable bonds is 6. The van der Waals surface area contributed by atoms with Crippen LogP contribution >= 0.6 is 0 Å². The molecule has 4 rings (SSSR count). The van der Waals surface area contributed by atoms with Gasteiger partial charge in [0.25, 0.3) is 0 Å². The number of hydrogen-bond acceptors (Lipinski definition) is 2. The van der Waals surface area contributed by atoms with E-state index in [4.69, 9.17) is 0 Å². The molecule has 0 radical (unpaired) electrons. The third-order valence-electron chi connectivity index (χ3n) is 5.27. The van der Waals surface area contributed by atoms with Crippen LogP contribution in [-0.2, 0) is 19.4 Å². The summed E-state index contributed by atoms with van der Waals surface area (Å²) in [6.45, 7) is 11.3. The van der Waals surface area contributed by atoms with Gasteiger partial charge in [-0.2, -0.15) is 0 Å². The first-order chi connectivity index (χ1) is 17.7. The van der Waals surface area contributed by atoms with E-state index in [2.05, 4.69) is 136 Å². The van der Waals surface area contributed by atoms with E-state index in [1.165, 1.54) is 28.0 Å². The van der Waals surface area contributed by atoms with Crippen LogP contribution in [0.4, 0.5) is 0 Å². The van der Waals surface area contributed by atoms with E-state index < -0.39 is 0 Å². The number of allylic oxidation sites excluding steroid dienone is 3. The van der Waals surface area contributed by atoms with Crippen LogP contribution in [0, 0.1) is 0 Å². The Bertz CT molecular complexity index is 1080. The van der Waals surface area contributed by atoms with Crippen LogP contribution < -0.4 is 3.80 Å². The van der Waals surface area contributed by atoms with Gasteiger partial charge in [0.05, 0.1) is 0 Å². The van der Waals surface area contributed by atoms with Crippen molar-refractivity contribution in [3.8, 4) is 0 Å². The Balaban J connectivity index is 0.000000237. The van der Waals surface area contributed by atoms with Gasteiger partial charge in [-0.1, -0.05) is 98.1 Å². The van der Waals surface area contributed by atoms with Crippen molar-refractivity contribution >= 4 is 27.4 Å². The van der Waals surface area contributed by atoms with Gasteiger partial charge in [-0.05, 0) is 11.1 Å². The molecule has 1 unspecified atom stereocenters. The van der Waals surface area contributed by atoms with E-state index in [1.54, 1.807) is 0 Å². The predicted molar refractivity (Wildman–Crippen MR) is 165 cm³/mol. The topological polar surface area (TPSA) is 15.3 Å². The summed E-state index contributed by atoms with van der Waals surface area (Å²) in [4.78, 5) is 2.22. The fourth-order valence-electron chi connectivity index (χ4n) is 3.60. The molecule has 3 aromatic carbocycles. The molecule has 1 N–H and O–H groups in total. The molecule has 1 atom stereocenters. The molecule has 0 saturated heterocycles. The maximum Gasteiger partial charge on any atom is 0.0135 e. The number of hydrogen-bond donors (Lipinski definition) is 1. The molecule has 37 heavy (non-hydrogen) atoms. The smallest absolute Gasteiger partial charge is 0.0135 e. The molecular formula is C33H44N2SiTi. The van der Waals surface area contributed by atoms with Gasteiger partial charge >= 0.3 is 120 Å². The second kappa shape index (κ2) is 16.4. The quantitative estimate of drug-likeness (QED) is 0.253. The van der Waals surface area contributed by atoms with Crippen molar-refractivity contribution in [2.45, 2.75) is 43.6 Å². The second-order valence-electron chi connectivity index (χ2n) is 10.3. The Morgan fingerprint density at radius 3 is 1.68 bits per heavy atom. The molecule has 0 bridgehead atoms. The largest absolute Gasteiger partial charge is 0.0750 e. The van der Waals surface area contributed by atoms with Gasteiger partial charge in [-0.3, -0.25) is 0 Å². The van der Waals surface area contributed by atoms with Crippen molar-refractivity contribution in [3.05, 3.63) is 125 Å². The van der Waals surface area contributed by atoms with E-state index in [0.717, 1.165) is 0 Å². The molecule has 3 aromatic rings. The minimum absolute atomic E-state index is 0.208. The van der Waals surface area contributed by atoms with E-state index in [0.29, 0.717) is 13.7 Å². The molecule has 0 fully saturated rings. The Morgan fingerprint density at radius 2 is 1.22 bits per heavy atom. The van der Waals surface area contributed by atoms with Crippen LogP contribution in [0.2, 0.25) is 13.1 Å². The maximum absolute atomic E-state index is 3.73. The zero-order valence-electron chi connectivity index (χ0n) is 23.7. The summed E-state index contributed by atoms with van der Waals surface area (Å²) >= 11 is -0.208. The van der Waals surface area contributed by atoms with Crippen molar-refractivity contribution in [1.29, 1.82) is 0 Å². The Morgan fingerprint density at radius 1 is 0.757 bits per heavy atom. The van der Waals surface area contributed by atoms with E-state index in [9.17, 15) is 0 Å². The van der Waals surface area contributed by atoms with Gasteiger partial charge in [-0.15, -0.1) is 0 Å². The molecular weight excluding hydrogens is 500 g/mol. The third-order valence-corrected chi connectivity index (χ3v) is 7.90. The number of fused-ring (bicyclic) bond motifs is 1. The summed E-state index contributed by atoms with van der Waals surface area (Å²) in [6, 6.07) is 29.4. The van der Waals surface area contributed by atoms with Crippen molar-refractivity contribution in [1.82, 2.24) is 8.70 Å². The number of nitrogens with one attached hydrogen (secondary N) is 1. The SMILES string of the molecule is C(C=Cc1ccccc1)=Cc1ccccc1.CN(C)C1=C[CH]([Ti][NH]C(C)(C)C)c2ccccc21.C[SiH2]C. The molecule has 194 valence electrons. The van der Waals surface area contributed by atoms with Crippen LogP contribution in [0.3, 0.4) is 0 Å². The first kappa shape index (κ1) is 30.8. The van der Waals surface area contributed by atoms with Gasteiger partial charge in [0, 0.05) is 9.52 Å². The Kier molecular flexibility index (Phi) is 13.7. The van der Waals surface area contributed by atoms with Gasteiger partial charge in [0.2, 0.25) is 0 Å². The maximum atomic E-state index is 3.73. The van der Waals surface area contributed by atoms with Crippen molar-refractivity contribution in [2.75, 3.05) is 14.1 Å². The third kappa shape index (κ3) is 11.7. The first-order valence-corrected chi connectivity index (χ1v) is 17.7. The summed E-state index contributed by atoms with van der Waals surface area (Å²) < 4.78 is 4.34. The number of nitrogens with zero attached hydrogens (tertiary/aromatic N) is 1. The van der Waals surface area contributed by atoms with Crippen LogP contribution in [0.25, 0.3) is 17.8 Å². The second-order valence-corrected chi connectivity index (χ2v) is 13.5. The van der Waals surface area contributed by atoms with Crippen LogP contribution in [0.1, 0.15) is 47.2 Å². The Hall–Kier alpha value is -2.43. The normalized spacial score (nSPS) is 14.2. The summed E-state index contributed by atoms with van der Waals surface area (Å²) in [6.07, 6.45) is 10.7. The molecule has 1 aliphatic carbocycles. The summed E-state index contributed by atoms with van der Waals surface area (Å²) in [5.74, 6) is 0. The molecule has 0 spiro atoms. The van der Waals surface area contributed by atoms with Crippen LogP contribution in [0.15, 0.2) is 103 Å². The standard InChI is InChI=1S/C16H14.C11H12N.C4H10N.C2H8Si.Ti/c1-3-9-15(10-4-1)13-7-8-14-16-11-5-2-6-12-16;1-12(2)11-8-7-9-5-3-4-6-10(9)11;1-4(2,3)5;1-3-2;/h1-14H;3-8H,1-2H3;5H,1-3H3;3H2,1-2H3;/q;;-1;;+1. The fourth-order valence-corrected chi connectivity index (χ4v) is 5.54. The molecule has 2 nitrogen and oxygen atoms in total. The van der Waals surface area contributed by atoms with E-state index >= 15 is 0 Å². The molecule has 1 aliphatic rings. The van der Waals surface area contributed by atoms with Crippen molar-refractivity contribution in [2.24, 2.45) is 0 Å². The van der Waals surface area contributed by atoms with Crippen LogP contribution in [-0.4, -0.2) is 34.1 Å². The molecule has 0 heterocycles. The average Bonchev–Trinajstić information content (AvgIpc) is 3.26. The summed E-state index contributed by atoms with van der Waals surface area (Å²) in [7, 11) is 4.67. The van der Waals surface area contributed by atoms with Gasteiger partial charge in [0.1, 0.15) is 0 Å². The molecule has 0 amide bonds. The zero-order valence-corrected chi connectivity index (χ0v) is 26.7. The average molecular weight is 545 g/mol. The van der Waals surface area contributed by atoms with E-state index in [1.807, 2.05) is 36.4 Å². The Labute approximate surface area is 237 Å². The first-order valence-electron chi connectivity index (χ1n) is 13.2. The van der Waals surface area contributed by atoms with Gasteiger partial charge in [-0.25, -0.2) is 0 Å². The predicted octanol–water partition coefficient (Wildman–Crippen LogP) is 7.69. The van der Waals surface area contributed by atoms with Crippen molar-refractivity contribution in [3.63, 3.8) is 0 Å². The zero-order chi connectivity index (χ0) is 27.1. The van der Waals surface area contributed by atoms with Crippen LogP contribution in [0.5, 0.6) is 0 Å². The van der Waals surface area contributed by atoms with Gasteiger partial charge in [0.15, 0.2) is 0 Å².